The molecule has 1 atom stereocenters. The first-order chi connectivity index (χ1) is 12.5. The highest BCUT2D eigenvalue weighted by Crippen LogP contribution is 2.12. The Kier molecular flexibility index (Phi) is 6.02. The maximum Gasteiger partial charge on any atom is 0.251 e. The lowest BCUT2D eigenvalue weighted by atomic mass is 10.2. The Morgan fingerprint density at radius 1 is 1.35 bits per heavy atom. The van der Waals surface area contributed by atoms with Crippen LogP contribution in [0.15, 0.2) is 47.6 Å². The first-order valence-corrected chi connectivity index (χ1v) is 10.1. The molecule has 1 fully saturated rings. The minimum absolute atomic E-state index is 0.0737. The van der Waals surface area contributed by atoms with Gasteiger partial charge in [-0.3, -0.25) is 9.48 Å². The lowest BCUT2D eigenvalue weighted by Crippen LogP contribution is -2.37. The van der Waals surface area contributed by atoms with Crippen molar-refractivity contribution in [2.24, 2.45) is 0 Å². The van der Waals surface area contributed by atoms with Crippen molar-refractivity contribution in [1.82, 2.24) is 25.1 Å². The summed E-state index contributed by atoms with van der Waals surface area (Å²) in [6.45, 7) is 2.16. The molecule has 1 aliphatic heterocycles. The number of sulfonamides is 1. The summed E-state index contributed by atoms with van der Waals surface area (Å²) in [5, 5.41) is 10.2. The number of nitrogens with zero attached hydrogens (tertiary/aromatic N) is 2. The predicted molar refractivity (Wildman–Crippen MR) is 97.2 cm³/mol. The van der Waals surface area contributed by atoms with Gasteiger partial charge in [0.15, 0.2) is 0 Å². The molecule has 3 N–H and O–H groups in total. The molecule has 0 saturated carbocycles. The van der Waals surface area contributed by atoms with Crippen molar-refractivity contribution in [3.8, 4) is 0 Å². The van der Waals surface area contributed by atoms with E-state index in [4.69, 9.17) is 0 Å². The van der Waals surface area contributed by atoms with Gasteiger partial charge in [-0.05, 0) is 43.7 Å². The van der Waals surface area contributed by atoms with Crippen molar-refractivity contribution >= 4 is 15.9 Å². The quantitative estimate of drug-likeness (QED) is 0.615. The molecule has 3 rings (SSSR count). The number of benzene rings is 1. The van der Waals surface area contributed by atoms with Gasteiger partial charge in [0.1, 0.15) is 0 Å². The van der Waals surface area contributed by atoms with Crippen LogP contribution in [0, 0.1) is 0 Å². The highest BCUT2D eigenvalue weighted by molar-refractivity contribution is 7.89. The average Bonchev–Trinajstić information content (AvgIpc) is 3.33. The van der Waals surface area contributed by atoms with Gasteiger partial charge in [-0.25, -0.2) is 13.1 Å². The number of carbonyl (C=O) groups is 1. The first-order valence-electron chi connectivity index (χ1n) is 8.63. The molecule has 1 aromatic carbocycles. The van der Waals surface area contributed by atoms with Gasteiger partial charge < -0.3 is 10.6 Å². The van der Waals surface area contributed by atoms with E-state index in [0.29, 0.717) is 18.7 Å². The molecule has 0 aliphatic carbocycles. The van der Waals surface area contributed by atoms with Crippen LogP contribution in [0.2, 0.25) is 0 Å². The third-order valence-electron chi connectivity index (χ3n) is 4.27. The molecule has 0 unspecified atom stereocenters. The van der Waals surface area contributed by atoms with E-state index in [1.165, 1.54) is 12.1 Å². The zero-order chi connectivity index (χ0) is 18.4. The van der Waals surface area contributed by atoms with Crippen LogP contribution in [0.4, 0.5) is 0 Å². The lowest BCUT2D eigenvalue weighted by Gasteiger charge is -2.12. The number of hydrogen-bond donors (Lipinski definition) is 3. The summed E-state index contributed by atoms with van der Waals surface area (Å²) in [6.07, 6.45) is 5.55. The van der Waals surface area contributed by atoms with Crippen LogP contribution in [-0.2, 0) is 16.6 Å². The monoisotopic (exact) mass is 377 g/mol. The van der Waals surface area contributed by atoms with Crippen molar-refractivity contribution in [2.45, 2.75) is 30.3 Å². The number of rotatable bonds is 8. The topological polar surface area (TPSA) is 105 Å². The molecule has 1 aliphatic rings. The number of carbonyl (C=O) groups excluding carboxylic acids is 1. The molecule has 1 saturated heterocycles. The molecular formula is C17H23N5O3S. The molecule has 1 amide bonds. The minimum Gasteiger partial charge on any atom is -0.350 e. The third-order valence-corrected chi connectivity index (χ3v) is 5.73. The summed E-state index contributed by atoms with van der Waals surface area (Å²) in [7, 11) is -3.68. The van der Waals surface area contributed by atoms with Crippen LogP contribution in [-0.4, -0.2) is 49.8 Å². The maximum atomic E-state index is 12.4. The summed E-state index contributed by atoms with van der Waals surface area (Å²) in [4.78, 5) is 12.4. The van der Waals surface area contributed by atoms with E-state index < -0.39 is 10.0 Å². The van der Waals surface area contributed by atoms with E-state index >= 15 is 0 Å². The maximum absolute atomic E-state index is 12.4. The van der Waals surface area contributed by atoms with Crippen LogP contribution < -0.4 is 15.4 Å². The fourth-order valence-corrected chi connectivity index (χ4v) is 3.93. The second-order valence-corrected chi connectivity index (χ2v) is 7.96. The van der Waals surface area contributed by atoms with Gasteiger partial charge in [0.05, 0.1) is 11.4 Å². The number of amides is 1. The Morgan fingerprint density at radius 3 is 2.96 bits per heavy atom. The predicted octanol–water partition coefficient (Wildman–Crippen LogP) is 0.343. The highest BCUT2D eigenvalue weighted by Gasteiger charge is 2.18. The van der Waals surface area contributed by atoms with Crippen molar-refractivity contribution in [3.05, 3.63) is 48.3 Å². The Balaban J connectivity index is 1.58. The molecular weight excluding hydrogens is 354 g/mol. The zero-order valence-corrected chi connectivity index (χ0v) is 15.2. The number of nitrogens with one attached hydrogen (secondary N) is 3. The highest BCUT2D eigenvalue weighted by atomic mass is 32.2. The van der Waals surface area contributed by atoms with E-state index in [2.05, 4.69) is 20.5 Å². The van der Waals surface area contributed by atoms with Gasteiger partial charge in [0.25, 0.3) is 5.91 Å². The third kappa shape index (κ3) is 4.90. The van der Waals surface area contributed by atoms with Gasteiger partial charge in [-0.2, -0.15) is 5.10 Å². The summed E-state index contributed by atoms with van der Waals surface area (Å²) in [6, 6.07) is 8.12. The number of hydrogen-bond acceptors (Lipinski definition) is 5. The van der Waals surface area contributed by atoms with Crippen LogP contribution in [0.5, 0.6) is 0 Å². The Hall–Kier alpha value is -2.23. The Bertz CT molecular complexity index is 830. The van der Waals surface area contributed by atoms with Crippen molar-refractivity contribution in [1.29, 1.82) is 0 Å². The van der Waals surface area contributed by atoms with E-state index in [-0.39, 0.29) is 23.4 Å². The van der Waals surface area contributed by atoms with E-state index in [1.54, 1.807) is 35.3 Å². The van der Waals surface area contributed by atoms with Crippen LogP contribution in [0.25, 0.3) is 0 Å². The SMILES string of the molecule is O=C(NC[C@H]1CCCN1)c1cccc(S(=O)(=O)NCCn2cccn2)c1. The van der Waals surface area contributed by atoms with Gasteiger partial charge >= 0.3 is 0 Å². The lowest BCUT2D eigenvalue weighted by molar-refractivity contribution is 0.0950. The van der Waals surface area contributed by atoms with Crippen molar-refractivity contribution in [3.63, 3.8) is 0 Å². The van der Waals surface area contributed by atoms with Crippen molar-refractivity contribution < 1.29 is 13.2 Å². The van der Waals surface area contributed by atoms with E-state index in [0.717, 1.165) is 19.4 Å². The summed E-state index contributed by atoms with van der Waals surface area (Å²) in [5.74, 6) is -0.271. The average molecular weight is 377 g/mol. The smallest absolute Gasteiger partial charge is 0.251 e. The first kappa shape index (κ1) is 18.6. The molecule has 9 heteroatoms. The van der Waals surface area contributed by atoms with Crippen LogP contribution in [0.1, 0.15) is 23.2 Å². The largest absolute Gasteiger partial charge is 0.350 e. The molecule has 8 nitrogen and oxygen atoms in total. The Morgan fingerprint density at radius 2 is 2.23 bits per heavy atom. The Labute approximate surface area is 153 Å². The van der Waals surface area contributed by atoms with Crippen LogP contribution in [0.3, 0.4) is 0 Å². The van der Waals surface area contributed by atoms with Gasteiger partial charge in [0.2, 0.25) is 10.0 Å². The summed E-state index contributed by atoms with van der Waals surface area (Å²) >= 11 is 0. The van der Waals surface area contributed by atoms with Gasteiger partial charge in [0, 0.05) is 37.1 Å². The molecule has 0 radical (unpaired) electrons. The van der Waals surface area contributed by atoms with E-state index in [1.807, 2.05) is 0 Å². The molecule has 0 spiro atoms. The van der Waals surface area contributed by atoms with Gasteiger partial charge in [-0.15, -0.1) is 0 Å². The standard InChI is InChI=1S/C17H23N5O3S/c23-17(19-13-15-5-2-7-18-15)14-4-1-6-16(12-14)26(24,25)21-9-11-22-10-3-8-20-22/h1,3-4,6,8,10,12,15,18,21H,2,5,7,9,11,13H2,(H,19,23)/t15-/m1/s1. The second-order valence-electron chi connectivity index (χ2n) is 6.20. The minimum atomic E-state index is -3.68. The second kappa shape index (κ2) is 8.43. The molecule has 140 valence electrons. The summed E-state index contributed by atoms with van der Waals surface area (Å²) in [5.41, 5.74) is 0.331. The van der Waals surface area contributed by atoms with E-state index in [9.17, 15) is 13.2 Å². The molecule has 2 heterocycles. The summed E-state index contributed by atoms with van der Waals surface area (Å²) < 4.78 is 29.0. The van der Waals surface area contributed by atoms with Gasteiger partial charge in [-0.1, -0.05) is 6.07 Å². The molecule has 0 bridgehead atoms. The normalized spacial score (nSPS) is 17.3. The molecule has 1 aromatic heterocycles. The zero-order valence-electron chi connectivity index (χ0n) is 14.4. The van der Waals surface area contributed by atoms with Crippen molar-refractivity contribution in [2.75, 3.05) is 19.6 Å². The van der Waals surface area contributed by atoms with Crippen LogP contribution >= 0.6 is 0 Å². The fourth-order valence-electron chi connectivity index (χ4n) is 2.86. The molecule has 26 heavy (non-hydrogen) atoms. The number of aromatic nitrogens is 2. The molecule has 2 aromatic rings. The fraction of sp³-hybridized carbons (Fsp3) is 0.412.